The summed E-state index contributed by atoms with van der Waals surface area (Å²) < 4.78 is 4.88. The fraction of sp³-hybridized carbons (Fsp3) is 0.600. The molecule has 1 aliphatic rings. The van der Waals surface area contributed by atoms with Gasteiger partial charge < -0.3 is 19.9 Å². The number of hydrogen-bond acceptors (Lipinski definition) is 4. The number of ether oxygens (including phenoxy) is 1. The predicted molar refractivity (Wildman–Crippen MR) is 105 cm³/mol. The number of piperidine rings is 1. The molecule has 1 aromatic carbocycles. The number of guanidine groups is 1. The van der Waals surface area contributed by atoms with E-state index in [2.05, 4.69) is 60.4 Å². The second-order valence-corrected chi connectivity index (χ2v) is 6.87. The van der Waals surface area contributed by atoms with Gasteiger partial charge in [-0.05, 0) is 39.4 Å². The van der Waals surface area contributed by atoms with Crippen LogP contribution in [0.15, 0.2) is 35.3 Å². The van der Waals surface area contributed by atoms with Gasteiger partial charge in [0.1, 0.15) is 0 Å². The Morgan fingerprint density at radius 3 is 2.50 bits per heavy atom. The first-order chi connectivity index (χ1) is 12.6. The normalized spacial score (nSPS) is 17.3. The van der Waals surface area contributed by atoms with Gasteiger partial charge in [0.25, 0.3) is 0 Å². The van der Waals surface area contributed by atoms with Crippen LogP contribution in [0.2, 0.25) is 0 Å². The number of esters is 1. The van der Waals surface area contributed by atoms with Gasteiger partial charge >= 0.3 is 5.97 Å². The Morgan fingerprint density at radius 1 is 1.31 bits per heavy atom. The van der Waals surface area contributed by atoms with Crippen molar-refractivity contribution in [2.45, 2.75) is 25.8 Å². The number of nitrogens with zero attached hydrogens (tertiary/aromatic N) is 3. The molecule has 1 heterocycles. The van der Waals surface area contributed by atoms with Gasteiger partial charge in [0.15, 0.2) is 5.96 Å². The number of carbonyl (C=O) groups is 1. The quantitative estimate of drug-likeness (QED) is 0.478. The minimum Gasteiger partial charge on any atom is -0.469 e. The highest BCUT2D eigenvalue weighted by molar-refractivity contribution is 5.80. The fourth-order valence-corrected chi connectivity index (χ4v) is 3.33. The van der Waals surface area contributed by atoms with Gasteiger partial charge in [-0.1, -0.05) is 30.3 Å². The summed E-state index contributed by atoms with van der Waals surface area (Å²) in [5.41, 5.74) is 1.27. The van der Waals surface area contributed by atoms with Gasteiger partial charge in [-0.3, -0.25) is 9.79 Å². The van der Waals surface area contributed by atoms with Gasteiger partial charge in [-0.15, -0.1) is 0 Å². The number of likely N-dealkylation sites (tertiary alicyclic amines) is 1. The van der Waals surface area contributed by atoms with E-state index in [0.29, 0.717) is 6.54 Å². The zero-order valence-electron chi connectivity index (χ0n) is 16.4. The smallest absolute Gasteiger partial charge is 0.308 e. The zero-order valence-corrected chi connectivity index (χ0v) is 16.4. The van der Waals surface area contributed by atoms with E-state index in [0.717, 1.165) is 38.4 Å². The first-order valence-corrected chi connectivity index (χ1v) is 9.39. The molecule has 1 saturated heterocycles. The fourth-order valence-electron chi connectivity index (χ4n) is 3.33. The molecule has 0 aliphatic carbocycles. The Labute approximate surface area is 157 Å². The molecule has 6 nitrogen and oxygen atoms in total. The second-order valence-electron chi connectivity index (χ2n) is 6.87. The van der Waals surface area contributed by atoms with Crippen LogP contribution in [0, 0.1) is 5.92 Å². The van der Waals surface area contributed by atoms with Crippen molar-refractivity contribution in [1.29, 1.82) is 0 Å². The Bertz CT molecular complexity index is 581. The molecule has 0 saturated carbocycles. The Balaban J connectivity index is 2.05. The number of methoxy groups -OCH3 is 1. The highest BCUT2D eigenvalue weighted by atomic mass is 16.5. The molecule has 2 rings (SSSR count). The van der Waals surface area contributed by atoms with E-state index in [1.54, 1.807) is 0 Å². The zero-order chi connectivity index (χ0) is 18.9. The lowest BCUT2D eigenvalue weighted by molar-refractivity contribution is -0.146. The SMILES string of the molecule is CCNC(=NCC(c1ccccc1)N(C)C)N1CCC(C(=O)OC)CC1. The van der Waals surface area contributed by atoms with Crippen LogP contribution in [0.25, 0.3) is 0 Å². The summed E-state index contributed by atoms with van der Waals surface area (Å²) in [7, 11) is 5.63. The maximum absolute atomic E-state index is 11.7. The van der Waals surface area contributed by atoms with E-state index >= 15 is 0 Å². The summed E-state index contributed by atoms with van der Waals surface area (Å²) in [6.07, 6.45) is 1.62. The van der Waals surface area contributed by atoms with Crippen molar-refractivity contribution in [3.05, 3.63) is 35.9 Å². The van der Waals surface area contributed by atoms with E-state index in [1.165, 1.54) is 12.7 Å². The maximum atomic E-state index is 11.7. The number of likely N-dealkylation sites (N-methyl/N-ethyl adjacent to an activating group) is 1. The van der Waals surface area contributed by atoms with Crippen LogP contribution in [0.3, 0.4) is 0 Å². The molecular weight excluding hydrogens is 328 g/mol. The molecule has 1 aliphatic heterocycles. The molecule has 1 unspecified atom stereocenters. The minimum absolute atomic E-state index is 0.0120. The van der Waals surface area contributed by atoms with Gasteiger partial charge in [-0.25, -0.2) is 0 Å². The summed E-state index contributed by atoms with van der Waals surface area (Å²) >= 11 is 0. The van der Waals surface area contributed by atoms with Crippen LogP contribution in [-0.2, 0) is 9.53 Å². The standard InChI is InChI=1S/C20H32N4O2/c1-5-21-20(24-13-11-17(12-14-24)19(25)26-4)22-15-18(23(2)3)16-9-7-6-8-10-16/h6-10,17-18H,5,11-15H2,1-4H3,(H,21,22). The van der Waals surface area contributed by atoms with Crippen molar-refractivity contribution >= 4 is 11.9 Å². The lowest BCUT2D eigenvalue weighted by atomic mass is 9.97. The second kappa shape index (κ2) is 10.2. The lowest BCUT2D eigenvalue weighted by Crippen LogP contribution is -2.47. The van der Waals surface area contributed by atoms with E-state index in [-0.39, 0.29) is 17.9 Å². The Kier molecular flexibility index (Phi) is 7.91. The van der Waals surface area contributed by atoms with Gasteiger partial charge in [0, 0.05) is 19.6 Å². The van der Waals surface area contributed by atoms with Crippen molar-refractivity contribution in [3.63, 3.8) is 0 Å². The average molecular weight is 361 g/mol. The summed E-state index contributed by atoms with van der Waals surface area (Å²) in [4.78, 5) is 21.1. The van der Waals surface area contributed by atoms with Crippen LogP contribution in [0.5, 0.6) is 0 Å². The van der Waals surface area contributed by atoms with E-state index in [1.807, 2.05) is 6.07 Å². The third-order valence-corrected chi connectivity index (χ3v) is 4.89. The van der Waals surface area contributed by atoms with Crippen LogP contribution in [0.1, 0.15) is 31.4 Å². The number of carbonyl (C=O) groups excluding carboxylic acids is 1. The third kappa shape index (κ3) is 5.46. The van der Waals surface area contributed by atoms with Crippen LogP contribution >= 0.6 is 0 Å². The average Bonchev–Trinajstić information content (AvgIpc) is 2.67. The number of nitrogens with one attached hydrogen (secondary N) is 1. The summed E-state index contributed by atoms with van der Waals surface area (Å²) in [5, 5.41) is 3.40. The minimum atomic E-state index is -0.0941. The molecule has 1 N–H and O–H groups in total. The van der Waals surface area contributed by atoms with E-state index in [9.17, 15) is 4.79 Å². The van der Waals surface area contributed by atoms with E-state index < -0.39 is 0 Å². The number of hydrogen-bond donors (Lipinski definition) is 1. The van der Waals surface area contributed by atoms with Crippen molar-refractivity contribution in [2.24, 2.45) is 10.9 Å². The highest BCUT2D eigenvalue weighted by Gasteiger charge is 2.27. The predicted octanol–water partition coefficient (Wildman–Crippen LogP) is 2.14. The Morgan fingerprint density at radius 2 is 1.96 bits per heavy atom. The first kappa shape index (κ1) is 20.2. The molecule has 6 heteroatoms. The molecule has 1 atom stereocenters. The van der Waals surface area contributed by atoms with E-state index in [4.69, 9.17) is 9.73 Å². The number of benzene rings is 1. The number of aliphatic imine (C=N–C) groups is 1. The molecule has 0 spiro atoms. The van der Waals surface area contributed by atoms with Crippen molar-refractivity contribution in [3.8, 4) is 0 Å². The van der Waals surface area contributed by atoms with Crippen molar-refractivity contribution in [2.75, 3.05) is 47.4 Å². The lowest BCUT2D eigenvalue weighted by Gasteiger charge is -2.33. The third-order valence-electron chi connectivity index (χ3n) is 4.89. The summed E-state index contributed by atoms with van der Waals surface area (Å²) in [6, 6.07) is 10.7. The molecule has 1 aromatic rings. The molecule has 0 radical (unpaired) electrons. The first-order valence-electron chi connectivity index (χ1n) is 9.39. The maximum Gasteiger partial charge on any atom is 0.308 e. The monoisotopic (exact) mass is 360 g/mol. The molecule has 0 bridgehead atoms. The summed E-state index contributed by atoms with van der Waals surface area (Å²) in [6.45, 7) is 5.24. The van der Waals surface area contributed by atoms with Crippen molar-refractivity contribution < 1.29 is 9.53 Å². The van der Waals surface area contributed by atoms with Crippen LogP contribution in [0.4, 0.5) is 0 Å². The van der Waals surface area contributed by atoms with Gasteiger partial charge in [-0.2, -0.15) is 0 Å². The topological polar surface area (TPSA) is 57.2 Å². The largest absolute Gasteiger partial charge is 0.469 e. The molecule has 26 heavy (non-hydrogen) atoms. The molecule has 0 aromatic heterocycles. The molecule has 0 amide bonds. The molecule has 1 fully saturated rings. The molecule has 144 valence electrons. The number of rotatable bonds is 6. The van der Waals surface area contributed by atoms with Gasteiger partial charge in [0.05, 0.1) is 25.6 Å². The van der Waals surface area contributed by atoms with Crippen molar-refractivity contribution in [1.82, 2.24) is 15.1 Å². The summed E-state index contributed by atoms with van der Waals surface area (Å²) in [5.74, 6) is 0.847. The highest BCUT2D eigenvalue weighted by Crippen LogP contribution is 2.20. The molecular formula is C20H32N4O2. The Hall–Kier alpha value is -2.08. The van der Waals surface area contributed by atoms with Crippen LogP contribution in [-0.4, -0.2) is 69.1 Å². The van der Waals surface area contributed by atoms with Gasteiger partial charge in [0.2, 0.25) is 0 Å². The van der Waals surface area contributed by atoms with Crippen LogP contribution < -0.4 is 5.32 Å².